The monoisotopic (exact) mass is 296 g/mol. The molecule has 64 valence electrons. The maximum Gasteiger partial charge on any atom is 0.329 e. The lowest BCUT2D eigenvalue weighted by molar-refractivity contribution is -0.133. The molecule has 0 aromatic carbocycles. The highest BCUT2D eigenvalue weighted by Gasteiger charge is 2.39. The Kier molecular flexibility index (Phi) is 2.34. The summed E-state index contributed by atoms with van der Waals surface area (Å²) in [4.78, 5) is 33.0. The van der Waals surface area contributed by atoms with Gasteiger partial charge in [0, 0.05) is 0 Å². The second-order valence-electron chi connectivity index (χ2n) is 1.91. The molecule has 0 aromatic heterocycles. The second kappa shape index (κ2) is 2.98. The van der Waals surface area contributed by atoms with Crippen molar-refractivity contribution in [2.45, 2.75) is 0 Å². The van der Waals surface area contributed by atoms with Gasteiger partial charge in [0.2, 0.25) is 0 Å². The number of amides is 4. The highest BCUT2D eigenvalue weighted by molar-refractivity contribution is 9.14. The van der Waals surface area contributed by atoms with Crippen LogP contribution < -0.4 is 5.73 Å². The zero-order valence-corrected chi connectivity index (χ0v) is 8.68. The number of halogens is 2. The molecular formula is C5H2Br2N2O3. The molecule has 1 heterocycles. The summed E-state index contributed by atoms with van der Waals surface area (Å²) in [5.74, 6) is -1.50. The Bertz CT molecular complexity index is 299. The van der Waals surface area contributed by atoms with Crippen molar-refractivity contribution in [2.24, 2.45) is 5.73 Å². The van der Waals surface area contributed by atoms with E-state index in [2.05, 4.69) is 31.9 Å². The van der Waals surface area contributed by atoms with Crippen LogP contribution in [0, 0.1) is 0 Å². The van der Waals surface area contributed by atoms with E-state index in [0.717, 1.165) is 0 Å². The van der Waals surface area contributed by atoms with Crippen molar-refractivity contribution in [3.63, 3.8) is 0 Å². The molecule has 1 rings (SSSR count). The zero-order chi connectivity index (χ0) is 9.46. The number of primary amides is 1. The molecule has 7 heteroatoms. The van der Waals surface area contributed by atoms with E-state index < -0.39 is 17.8 Å². The largest absolute Gasteiger partial charge is 0.351 e. The number of urea groups is 1. The van der Waals surface area contributed by atoms with Crippen LogP contribution in [0.25, 0.3) is 0 Å². The van der Waals surface area contributed by atoms with Crippen LogP contribution in [0.4, 0.5) is 4.79 Å². The third-order valence-corrected chi connectivity index (χ3v) is 3.20. The van der Waals surface area contributed by atoms with Crippen LogP contribution in [0.5, 0.6) is 0 Å². The first-order valence-electron chi connectivity index (χ1n) is 2.70. The molecular weight excluding hydrogens is 296 g/mol. The Morgan fingerprint density at radius 3 is 1.67 bits per heavy atom. The van der Waals surface area contributed by atoms with Gasteiger partial charge in [-0.05, 0) is 31.9 Å². The minimum Gasteiger partial charge on any atom is -0.351 e. The van der Waals surface area contributed by atoms with Gasteiger partial charge >= 0.3 is 6.03 Å². The van der Waals surface area contributed by atoms with Crippen molar-refractivity contribution in [3.8, 4) is 0 Å². The fourth-order valence-electron chi connectivity index (χ4n) is 0.676. The molecule has 0 unspecified atom stereocenters. The number of hydrogen-bond acceptors (Lipinski definition) is 3. The van der Waals surface area contributed by atoms with Crippen molar-refractivity contribution in [1.29, 1.82) is 0 Å². The van der Waals surface area contributed by atoms with E-state index >= 15 is 0 Å². The minimum absolute atomic E-state index is 0.00583. The van der Waals surface area contributed by atoms with Gasteiger partial charge in [-0.1, -0.05) is 0 Å². The van der Waals surface area contributed by atoms with Crippen molar-refractivity contribution in [3.05, 3.63) is 8.96 Å². The van der Waals surface area contributed by atoms with Crippen LogP contribution in [0.15, 0.2) is 8.96 Å². The van der Waals surface area contributed by atoms with Gasteiger partial charge in [0.25, 0.3) is 11.8 Å². The number of carbonyl (C=O) groups is 3. The maximum absolute atomic E-state index is 11.0. The topological polar surface area (TPSA) is 80.5 Å². The summed E-state index contributed by atoms with van der Waals surface area (Å²) in [5, 5.41) is 0. The predicted octanol–water partition coefficient (Wildman–Crippen LogP) is 0.435. The number of imide groups is 3. The highest BCUT2D eigenvalue weighted by atomic mass is 79.9. The van der Waals surface area contributed by atoms with Crippen LogP contribution in [-0.4, -0.2) is 22.7 Å². The number of rotatable bonds is 0. The molecule has 0 aliphatic carbocycles. The lowest BCUT2D eigenvalue weighted by Crippen LogP contribution is -2.40. The third kappa shape index (κ3) is 1.18. The van der Waals surface area contributed by atoms with E-state index in [-0.39, 0.29) is 8.96 Å². The van der Waals surface area contributed by atoms with E-state index in [0.29, 0.717) is 4.90 Å². The fourth-order valence-corrected chi connectivity index (χ4v) is 1.37. The van der Waals surface area contributed by atoms with Crippen molar-refractivity contribution in [1.82, 2.24) is 4.90 Å². The average molecular weight is 298 g/mol. The molecule has 2 N–H and O–H groups in total. The third-order valence-electron chi connectivity index (χ3n) is 1.19. The van der Waals surface area contributed by atoms with Gasteiger partial charge in [0.05, 0.1) is 0 Å². The number of nitrogens with two attached hydrogens (primary N) is 1. The lowest BCUT2D eigenvalue weighted by atomic mass is 10.6. The van der Waals surface area contributed by atoms with Gasteiger partial charge < -0.3 is 5.73 Å². The Labute approximate surface area is 83.8 Å². The van der Waals surface area contributed by atoms with E-state index in [1.807, 2.05) is 0 Å². The molecule has 0 bridgehead atoms. The summed E-state index contributed by atoms with van der Waals surface area (Å²) in [6.45, 7) is 0. The van der Waals surface area contributed by atoms with Crippen LogP contribution in [-0.2, 0) is 9.59 Å². The number of nitrogens with zero attached hydrogens (tertiary/aromatic N) is 1. The minimum atomic E-state index is -1.09. The Morgan fingerprint density at radius 2 is 1.50 bits per heavy atom. The summed E-state index contributed by atoms with van der Waals surface area (Å²) in [6.07, 6.45) is 0. The van der Waals surface area contributed by atoms with Crippen molar-refractivity contribution < 1.29 is 14.4 Å². The molecule has 12 heavy (non-hydrogen) atoms. The Balaban J connectivity index is 3.12. The fraction of sp³-hybridized carbons (Fsp3) is 0. The molecule has 1 aliphatic heterocycles. The van der Waals surface area contributed by atoms with Gasteiger partial charge in [0.15, 0.2) is 0 Å². The quantitative estimate of drug-likeness (QED) is 0.659. The number of carbonyl (C=O) groups excluding carboxylic acids is 3. The first kappa shape index (κ1) is 9.40. The lowest BCUT2D eigenvalue weighted by Gasteiger charge is -2.06. The van der Waals surface area contributed by atoms with E-state index in [1.165, 1.54) is 0 Å². The van der Waals surface area contributed by atoms with Crippen molar-refractivity contribution in [2.75, 3.05) is 0 Å². The molecule has 0 saturated heterocycles. The van der Waals surface area contributed by atoms with Gasteiger partial charge in [0.1, 0.15) is 8.96 Å². The van der Waals surface area contributed by atoms with Crippen LogP contribution >= 0.6 is 31.9 Å². The maximum atomic E-state index is 11.0. The molecule has 0 atom stereocenters. The highest BCUT2D eigenvalue weighted by Crippen LogP contribution is 2.28. The van der Waals surface area contributed by atoms with Crippen LogP contribution in [0.1, 0.15) is 0 Å². The first-order valence-corrected chi connectivity index (χ1v) is 4.29. The van der Waals surface area contributed by atoms with Gasteiger partial charge in [-0.3, -0.25) is 9.59 Å². The predicted molar refractivity (Wildman–Crippen MR) is 46.3 cm³/mol. The molecule has 0 fully saturated rings. The zero-order valence-electron chi connectivity index (χ0n) is 5.51. The summed E-state index contributed by atoms with van der Waals surface area (Å²) >= 11 is 5.66. The van der Waals surface area contributed by atoms with Gasteiger partial charge in [-0.15, -0.1) is 0 Å². The second-order valence-corrected chi connectivity index (χ2v) is 3.50. The van der Waals surface area contributed by atoms with Gasteiger partial charge in [-0.2, -0.15) is 4.90 Å². The Hall–Kier alpha value is -0.690. The standard InChI is InChI=1S/C5H2Br2N2O3/c6-1-2(7)4(11)9(3(1)10)5(8)12/h(H2,8,12). The van der Waals surface area contributed by atoms with Crippen LogP contribution in [0.2, 0.25) is 0 Å². The molecule has 0 radical (unpaired) electrons. The normalized spacial score (nSPS) is 17.7. The molecule has 0 spiro atoms. The molecule has 4 amide bonds. The summed E-state index contributed by atoms with van der Waals surface area (Å²) < 4.78 is 0.0117. The molecule has 5 nitrogen and oxygen atoms in total. The summed E-state index contributed by atoms with van der Waals surface area (Å²) in [5.41, 5.74) is 4.78. The molecule has 0 aromatic rings. The van der Waals surface area contributed by atoms with E-state index in [9.17, 15) is 14.4 Å². The van der Waals surface area contributed by atoms with Crippen LogP contribution in [0.3, 0.4) is 0 Å². The summed E-state index contributed by atoms with van der Waals surface area (Å²) in [6, 6.07) is -1.09. The number of hydrogen-bond donors (Lipinski definition) is 1. The Morgan fingerprint density at radius 1 is 1.17 bits per heavy atom. The first-order chi connectivity index (χ1) is 5.46. The average Bonchev–Trinajstić information content (AvgIpc) is 2.16. The summed E-state index contributed by atoms with van der Waals surface area (Å²) in [7, 11) is 0. The SMILES string of the molecule is NC(=O)N1C(=O)C(Br)=C(Br)C1=O. The van der Waals surface area contributed by atoms with Crippen molar-refractivity contribution >= 4 is 49.7 Å². The molecule has 1 aliphatic rings. The molecule has 0 saturated carbocycles. The van der Waals surface area contributed by atoms with Gasteiger partial charge in [-0.25, -0.2) is 4.79 Å². The van der Waals surface area contributed by atoms with E-state index in [4.69, 9.17) is 5.73 Å². The van der Waals surface area contributed by atoms with E-state index in [1.54, 1.807) is 0 Å². The smallest absolute Gasteiger partial charge is 0.329 e.